The highest BCUT2D eigenvalue weighted by atomic mass is 15.2. The van der Waals surface area contributed by atoms with Crippen LogP contribution in [0.4, 0.5) is 0 Å². The smallest absolute Gasteiger partial charge is 0.0491 e. The van der Waals surface area contributed by atoms with Crippen LogP contribution in [0.3, 0.4) is 0 Å². The van der Waals surface area contributed by atoms with E-state index >= 15 is 0 Å². The summed E-state index contributed by atoms with van der Waals surface area (Å²) in [4.78, 5) is 6.73. The lowest BCUT2D eigenvalue weighted by Gasteiger charge is -2.29. The molecular weight excluding hydrogens is 222 g/mol. The predicted octanol–water partition coefficient (Wildman–Crippen LogP) is 2.58. The maximum absolute atomic E-state index is 5.98. The fourth-order valence-corrected chi connectivity index (χ4v) is 2.54. The highest BCUT2D eigenvalue weighted by molar-refractivity contribution is 5.85. The zero-order chi connectivity index (χ0) is 13.0. The number of fused-ring (bicyclic) bond motifs is 1. The summed E-state index contributed by atoms with van der Waals surface area (Å²) >= 11 is 0. The van der Waals surface area contributed by atoms with Gasteiger partial charge in [0.2, 0.25) is 0 Å². The van der Waals surface area contributed by atoms with Crippen LogP contribution in [0.15, 0.2) is 36.7 Å². The van der Waals surface area contributed by atoms with Crippen molar-refractivity contribution in [1.82, 2.24) is 9.88 Å². The van der Waals surface area contributed by atoms with Gasteiger partial charge in [-0.25, -0.2) is 0 Å². The third kappa shape index (κ3) is 2.37. The molecule has 0 radical (unpaired) electrons. The number of nitrogens with two attached hydrogens (primary N) is 1. The molecule has 1 heterocycles. The third-order valence-electron chi connectivity index (χ3n) is 3.53. The molecule has 0 amide bonds. The first-order valence-corrected chi connectivity index (χ1v) is 6.58. The highest BCUT2D eigenvalue weighted by Crippen LogP contribution is 2.26. The summed E-state index contributed by atoms with van der Waals surface area (Å²) in [5.74, 6) is 0. The molecule has 0 aliphatic rings. The van der Waals surface area contributed by atoms with Crippen LogP contribution in [0, 0.1) is 0 Å². The molecule has 1 unspecified atom stereocenters. The topological polar surface area (TPSA) is 42.1 Å². The average Bonchev–Trinajstić information content (AvgIpc) is 2.44. The second kappa shape index (κ2) is 5.94. The molecule has 0 bridgehead atoms. The maximum Gasteiger partial charge on any atom is 0.0491 e. The number of pyridine rings is 1. The van der Waals surface area contributed by atoms with Crippen LogP contribution in [0.2, 0.25) is 0 Å². The molecule has 3 heteroatoms. The van der Waals surface area contributed by atoms with Gasteiger partial charge in [0.05, 0.1) is 0 Å². The van der Waals surface area contributed by atoms with Crippen molar-refractivity contribution >= 4 is 10.8 Å². The van der Waals surface area contributed by atoms with Crippen LogP contribution >= 0.6 is 0 Å². The molecule has 1 aromatic carbocycles. The Hall–Kier alpha value is -1.45. The van der Waals surface area contributed by atoms with E-state index in [0.717, 1.165) is 13.1 Å². The lowest BCUT2D eigenvalue weighted by Crippen LogP contribution is -2.33. The van der Waals surface area contributed by atoms with Gasteiger partial charge in [0.25, 0.3) is 0 Å². The minimum Gasteiger partial charge on any atom is -0.329 e. The summed E-state index contributed by atoms with van der Waals surface area (Å²) in [6.45, 7) is 6.97. The first kappa shape index (κ1) is 13.0. The van der Waals surface area contributed by atoms with Crippen LogP contribution in [0.5, 0.6) is 0 Å². The molecule has 3 nitrogen and oxygen atoms in total. The van der Waals surface area contributed by atoms with Crippen LogP contribution in [0.25, 0.3) is 10.8 Å². The maximum atomic E-state index is 5.98. The predicted molar refractivity (Wildman–Crippen MR) is 76.5 cm³/mol. The average molecular weight is 243 g/mol. The molecule has 0 aliphatic carbocycles. The molecule has 2 rings (SSSR count). The Kier molecular flexibility index (Phi) is 4.28. The number of nitrogens with zero attached hydrogens (tertiary/aromatic N) is 2. The standard InChI is InChI=1S/C15H21N3/c1-3-18(4-2)15(9-16)14-11-17-10-12-7-5-6-8-13(12)14/h5-8,10-11,15H,3-4,9,16H2,1-2H3. The quantitative estimate of drug-likeness (QED) is 0.877. The largest absolute Gasteiger partial charge is 0.329 e. The molecule has 2 aromatic rings. The fourth-order valence-electron chi connectivity index (χ4n) is 2.54. The molecule has 96 valence electrons. The van der Waals surface area contributed by atoms with Crippen LogP contribution in [0.1, 0.15) is 25.5 Å². The lowest BCUT2D eigenvalue weighted by atomic mass is 10.0. The van der Waals surface area contributed by atoms with Gasteiger partial charge in [0, 0.05) is 30.4 Å². The van der Waals surface area contributed by atoms with Crippen LogP contribution in [-0.4, -0.2) is 29.5 Å². The van der Waals surface area contributed by atoms with Gasteiger partial charge < -0.3 is 5.73 Å². The van der Waals surface area contributed by atoms with Crippen molar-refractivity contribution in [3.63, 3.8) is 0 Å². The molecule has 1 atom stereocenters. The van der Waals surface area contributed by atoms with Gasteiger partial charge in [-0.15, -0.1) is 0 Å². The molecule has 0 aliphatic heterocycles. The Labute approximate surface area is 109 Å². The number of benzene rings is 1. The van der Waals surface area contributed by atoms with E-state index in [2.05, 4.69) is 41.9 Å². The summed E-state index contributed by atoms with van der Waals surface area (Å²) in [7, 11) is 0. The second-order valence-electron chi connectivity index (χ2n) is 4.42. The summed E-state index contributed by atoms with van der Waals surface area (Å²) in [6.07, 6.45) is 3.87. The molecule has 18 heavy (non-hydrogen) atoms. The van der Waals surface area contributed by atoms with Gasteiger partial charge in [0.15, 0.2) is 0 Å². The minimum atomic E-state index is 0.249. The van der Waals surface area contributed by atoms with E-state index in [1.165, 1.54) is 16.3 Å². The number of hydrogen-bond acceptors (Lipinski definition) is 3. The van der Waals surface area contributed by atoms with Crippen molar-refractivity contribution in [1.29, 1.82) is 0 Å². The molecule has 2 N–H and O–H groups in total. The van der Waals surface area contributed by atoms with Crippen LogP contribution in [-0.2, 0) is 0 Å². The van der Waals surface area contributed by atoms with E-state index in [9.17, 15) is 0 Å². The van der Waals surface area contributed by atoms with E-state index < -0.39 is 0 Å². The minimum absolute atomic E-state index is 0.249. The fraction of sp³-hybridized carbons (Fsp3) is 0.400. The van der Waals surface area contributed by atoms with E-state index in [1.54, 1.807) is 0 Å². The van der Waals surface area contributed by atoms with Crippen molar-refractivity contribution in [2.45, 2.75) is 19.9 Å². The van der Waals surface area contributed by atoms with Crippen molar-refractivity contribution in [2.75, 3.05) is 19.6 Å². The normalized spacial score (nSPS) is 13.1. The number of hydrogen-bond donors (Lipinski definition) is 1. The lowest BCUT2D eigenvalue weighted by molar-refractivity contribution is 0.225. The van der Waals surface area contributed by atoms with E-state index in [-0.39, 0.29) is 6.04 Å². The molecule has 1 aromatic heterocycles. The Bertz CT molecular complexity index is 501. The Morgan fingerprint density at radius 3 is 2.56 bits per heavy atom. The summed E-state index contributed by atoms with van der Waals surface area (Å²) in [6, 6.07) is 8.61. The van der Waals surface area contributed by atoms with E-state index in [4.69, 9.17) is 5.73 Å². The Balaban J connectivity index is 2.51. The van der Waals surface area contributed by atoms with Gasteiger partial charge >= 0.3 is 0 Å². The van der Waals surface area contributed by atoms with Crippen LogP contribution < -0.4 is 5.73 Å². The highest BCUT2D eigenvalue weighted by Gasteiger charge is 2.18. The molecule has 0 fully saturated rings. The van der Waals surface area contributed by atoms with E-state index in [0.29, 0.717) is 6.54 Å². The van der Waals surface area contributed by atoms with E-state index in [1.807, 2.05) is 18.5 Å². The Morgan fingerprint density at radius 1 is 1.17 bits per heavy atom. The summed E-state index contributed by atoms with van der Waals surface area (Å²) < 4.78 is 0. The van der Waals surface area contributed by atoms with Gasteiger partial charge in [-0.05, 0) is 24.0 Å². The third-order valence-corrected chi connectivity index (χ3v) is 3.53. The summed E-state index contributed by atoms with van der Waals surface area (Å²) in [5.41, 5.74) is 7.21. The van der Waals surface area contributed by atoms with Crippen molar-refractivity contribution < 1.29 is 0 Å². The summed E-state index contributed by atoms with van der Waals surface area (Å²) in [5, 5.41) is 2.44. The molecular formula is C15H21N3. The zero-order valence-electron chi connectivity index (χ0n) is 11.1. The molecule has 0 saturated carbocycles. The van der Waals surface area contributed by atoms with Gasteiger partial charge in [-0.2, -0.15) is 0 Å². The van der Waals surface area contributed by atoms with Gasteiger partial charge in [-0.3, -0.25) is 9.88 Å². The molecule has 0 saturated heterocycles. The van der Waals surface area contributed by atoms with Crippen molar-refractivity contribution in [3.8, 4) is 0 Å². The van der Waals surface area contributed by atoms with Crippen molar-refractivity contribution in [3.05, 3.63) is 42.2 Å². The first-order chi connectivity index (χ1) is 8.81. The monoisotopic (exact) mass is 243 g/mol. The number of likely N-dealkylation sites (N-methyl/N-ethyl adjacent to an activating group) is 1. The number of aromatic nitrogens is 1. The Morgan fingerprint density at radius 2 is 1.89 bits per heavy atom. The second-order valence-corrected chi connectivity index (χ2v) is 4.42. The SMILES string of the molecule is CCN(CC)C(CN)c1cncc2ccccc12. The van der Waals surface area contributed by atoms with Gasteiger partial charge in [0.1, 0.15) is 0 Å². The zero-order valence-corrected chi connectivity index (χ0v) is 11.1. The molecule has 0 spiro atoms. The first-order valence-electron chi connectivity index (χ1n) is 6.58. The van der Waals surface area contributed by atoms with Crippen molar-refractivity contribution in [2.24, 2.45) is 5.73 Å². The van der Waals surface area contributed by atoms with Gasteiger partial charge in [-0.1, -0.05) is 38.1 Å². The number of rotatable bonds is 5.